The van der Waals surface area contributed by atoms with Crippen LogP contribution < -0.4 is 4.74 Å². The van der Waals surface area contributed by atoms with E-state index in [2.05, 4.69) is 9.97 Å². The Hall–Kier alpha value is -1.26. The topological polar surface area (TPSA) is 35.0 Å². The first-order valence-corrected chi connectivity index (χ1v) is 4.72. The third-order valence-electron chi connectivity index (χ3n) is 1.64. The first-order valence-electron chi connectivity index (χ1n) is 4.72. The zero-order valence-electron chi connectivity index (χ0n) is 9.00. The van der Waals surface area contributed by atoms with Crippen molar-refractivity contribution in [3.8, 4) is 5.88 Å². The van der Waals surface area contributed by atoms with Crippen molar-refractivity contribution in [2.75, 3.05) is 6.61 Å². The van der Waals surface area contributed by atoms with E-state index in [1.54, 1.807) is 0 Å². The van der Waals surface area contributed by atoms with E-state index in [9.17, 15) is 8.78 Å². The van der Waals surface area contributed by atoms with Crippen molar-refractivity contribution < 1.29 is 13.5 Å². The van der Waals surface area contributed by atoms with Crippen LogP contribution >= 0.6 is 0 Å². The molecule has 0 aliphatic rings. The lowest BCUT2D eigenvalue weighted by Gasteiger charge is -2.12. The van der Waals surface area contributed by atoms with Crippen molar-refractivity contribution in [1.82, 2.24) is 9.97 Å². The summed E-state index contributed by atoms with van der Waals surface area (Å²) in [5.74, 6) is -1.92. The second kappa shape index (κ2) is 4.51. The van der Waals surface area contributed by atoms with Crippen LogP contribution in [0.25, 0.3) is 0 Å². The number of nitrogens with zero attached hydrogens (tertiary/aromatic N) is 2. The highest BCUT2D eigenvalue weighted by Crippen LogP contribution is 2.16. The maximum Gasteiger partial charge on any atom is 0.278 e. The molecule has 0 radical (unpaired) electrons. The molecular weight excluding hydrogens is 202 g/mol. The zero-order valence-corrected chi connectivity index (χ0v) is 9.00. The molecule has 1 aromatic heterocycles. The molecule has 3 nitrogen and oxygen atoms in total. The Morgan fingerprint density at radius 3 is 2.67 bits per heavy atom. The number of ether oxygens (including phenoxy) is 1. The van der Waals surface area contributed by atoms with Crippen molar-refractivity contribution in [3.63, 3.8) is 0 Å². The van der Waals surface area contributed by atoms with Crippen LogP contribution in [0.2, 0.25) is 0 Å². The van der Waals surface area contributed by atoms with Gasteiger partial charge in [0.15, 0.2) is 6.61 Å². The Kier molecular flexibility index (Phi) is 3.55. The average Bonchev–Trinajstić information content (AvgIpc) is 2.14. The Balaban J connectivity index is 2.66. The van der Waals surface area contributed by atoms with Crippen molar-refractivity contribution in [1.29, 1.82) is 0 Å². The van der Waals surface area contributed by atoms with Gasteiger partial charge in [0.1, 0.15) is 5.82 Å². The van der Waals surface area contributed by atoms with E-state index >= 15 is 0 Å². The first kappa shape index (κ1) is 11.8. The number of alkyl halides is 2. The molecule has 0 amide bonds. The molecule has 1 rings (SSSR count). The van der Waals surface area contributed by atoms with Crippen LogP contribution in [-0.4, -0.2) is 22.5 Å². The van der Waals surface area contributed by atoms with E-state index in [0.29, 0.717) is 5.82 Å². The molecule has 0 aliphatic heterocycles. The minimum Gasteiger partial charge on any atom is -0.471 e. The molecule has 0 bridgehead atoms. The van der Waals surface area contributed by atoms with Crippen LogP contribution in [0.15, 0.2) is 12.3 Å². The van der Waals surface area contributed by atoms with Gasteiger partial charge in [-0.3, -0.25) is 0 Å². The van der Waals surface area contributed by atoms with Gasteiger partial charge in [-0.05, 0) is 0 Å². The number of rotatable bonds is 4. The predicted molar refractivity (Wildman–Crippen MR) is 52.2 cm³/mol. The van der Waals surface area contributed by atoms with Gasteiger partial charge in [-0.25, -0.2) is 13.8 Å². The van der Waals surface area contributed by atoms with E-state index in [1.165, 1.54) is 12.3 Å². The Labute approximate surface area is 87.5 Å². The van der Waals surface area contributed by atoms with Crippen molar-refractivity contribution in [2.24, 2.45) is 0 Å². The SMILES string of the molecule is CC(C)c1nccc(OCC(C)(F)F)n1. The highest BCUT2D eigenvalue weighted by Gasteiger charge is 2.22. The second-order valence-corrected chi connectivity index (χ2v) is 3.77. The summed E-state index contributed by atoms with van der Waals surface area (Å²) in [6.07, 6.45) is 1.51. The number of halogens is 2. The van der Waals surface area contributed by atoms with Gasteiger partial charge in [-0.1, -0.05) is 13.8 Å². The molecule has 0 saturated carbocycles. The fraction of sp³-hybridized carbons (Fsp3) is 0.600. The standard InChI is InChI=1S/C10H14F2N2O/c1-7(2)9-13-5-4-8(14-9)15-6-10(3,11)12/h4-5,7H,6H2,1-3H3. The molecule has 0 spiro atoms. The van der Waals surface area contributed by atoms with Gasteiger partial charge in [0.05, 0.1) is 0 Å². The summed E-state index contributed by atoms with van der Waals surface area (Å²) >= 11 is 0. The second-order valence-electron chi connectivity index (χ2n) is 3.77. The van der Waals surface area contributed by atoms with Gasteiger partial charge >= 0.3 is 0 Å². The fourth-order valence-electron chi connectivity index (χ4n) is 0.916. The van der Waals surface area contributed by atoms with E-state index in [1.807, 2.05) is 13.8 Å². The molecule has 0 saturated heterocycles. The monoisotopic (exact) mass is 216 g/mol. The van der Waals surface area contributed by atoms with Crippen molar-refractivity contribution >= 4 is 0 Å². The van der Waals surface area contributed by atoms with Gasteiger partial charge in [-0.15, -0.1) is 0 Å². The highest BCUT2D eigenvalue weighted by molar-refractivity contribution is 5.10. The lowest BCUT2D eigenvalue weighted by Crippen LogP contribution is -2.21. The molecule has 0 unspecified atom stereocenters. The molecule has 15 heavy (non-hydrogen) atoms. The summed E-state index contributed by atoms with van der Waals surface area (Å²) in [6.45, 7) is 3.99. The quantitative estimate of drug-likeness (QED) is 0.776. The third-order valence-corrected chi connectivity index (χ3v) is 1.64. The van der Waals surface area contributed by atoms with E-state index in [-0.39, 0.29) is 11.8 Å². The number of aromatic nitrogens is 2. The molecule has 1 heterocycles. The smallest absolute Gasteiger partial charge is 0.278 e. The molecule has 0 aliphatic carbocycles. The van der Waals surface area contributed by atoms with Crippen LogP contribution in [0.5, 0.6) is 5.88 Å². The summed E-state index contributed by atoms with van der Waals surface area (Å²) in [6, 6.07) is 1.47. The van der Waals surface area contributed by atoms with E-state index in [4.69, 9.17) is 4.74 Å². The van der Waals surface area contributed by atoms with Gasteiger partial charge in [0, 0.05) is 25.1 Å². The molecule has 0 aromatic carbocycles. The molecule has 0 N–H and O–H groups in total. The molecule has 0 atom stereocenters. The predicted octanol–water partition coefficient (Wildman–Crippen LogP) is 2.63. The molecule has 1 aromatic rings. The van der Waals surface area contributed by atoms with E-state index in [0.717, 1.165) is 6.92 Å². The fourth-order valence-corrected chi connectivity index (χ4v) is 0.916. The van der Waals surface area contributed by atoms with Crippen LogP contribution in [0.3, 0.4) is 0 Å². The zero-order chi connectivity index (χ0) is 11.5. The molecule has 84 valence electrons. The van der Waals surface area contributed by atoms with E-state index < -0.39 is 12.5 Å². The lowest BCUT2D eigenvalue weighted by molar-refractivity contribution is -0.0243. The Morgan fingerprint density at radius 2 is 2.13 bits per heavy atom. The summed E-state index contributed by atoms with van der Waals surface area (Å²) in [7, 11) is 0. The van der Waals surface area contributed by atoms with Gasteiger partial charge in [-0.2, -0.15) is 4.98 Å². The molecule has 0 fully saturated rings. The highest BCUT2D eigenvalue weighted by atomic mass is 19.3. The van der Waals surface area contributed by atoms with Gasteiger partial charge in [0.2, 0.25) is 5.88 Å². The van der Waals surface area contributed by atoms with Gasteiger partial charge < -0.3 is 4.74 Å². The van der Waals surface area contributed by atoms with Crippen LogP contribution in [0.1, 0.15) is 32.5 Å². The maximum absolute atomic E-state index is 12.5. The first-order chi connectivity index (χ1) is 6.88. The number of hydrogen-bond donors (Lipinski definition) is 0. The maximum atomic E-state index is 12.5. The summed E-state index contributed by atoms with van der Waals surface area (Å²) < 4.78 is 29.9. The minimum atomic E-state index is -2.84. The summed E-state index contributed by atoms with van der Waals surface area (Å²) in [4.78, 5) is 8.01. The van der Waals surface area contributed by atoms with Gasteiger partial charge in [0.25, 0.3) is 5.92 Å². The van der Waals surface area contributed by atoms with Crippen LogP contribution in [0, 0.1) is 0 Å². The molecular formula is C10H14F2N2O. The molecule has 5 heteroatoms. The average molecular weight is 216 g/mol. The number of hydrogen-bond acceptors (Lipinski definition) is 3. The largest absolute Gasteiger partial charge is 0.471 e. The summed E-state index contributed by atoms with van der Waals surface area (Å²) in [5.41, 5.74) is 0. The Bertz CT molecular complexity index is 323. The summed E-state index contributed by atoms with van der Waals surface area (Å²) in [5, 5.41) is 0. The third kappa shape index (κ3) is 4.18. The van der Waals surface area contributed by atoms with Crippen LogP contribution in [0.4, 0.5) is 8.78 Å². The minimum absolute atomic E-state index is 0.149. The van der Waals surface area contributed by atoms with Crippen molar-refractivity contribution in [2.45, 2.75) is 32.6 Å². The van der Waals surface area contributed by atoms with Crippen LogP contribution in [-0.2, 0) is 0 Å². The lowest BCUT2D eigenvalue weighted by atomic mass is 10.2. The van der Waals surface area contributed by atoms with Crippen molar-refractivity contribution in [3.05, 3.63) is 18.1 Å². The Morgan fingerprint density at radius 1 is 1.47 bits per heavy atom. The normalized spacial score (nSPS) is 11.9.